The normalized spacial score (nSPS) is 16.1. The lowest BCUT2D eigenvalue weighted by molar-refractivity contribution is 0.138. The molecule has 122 valence electrons. The number of rotatable bonds is 4. The van der Waals surface area contributed by atoms with Gasteiger partial charge in [-0.25, -0.2) is 4.79 Å². The molecule has 4 rings (SSSR count). The van der Waals surface area contributed by atoms with Gasteiger partial charge in [-0.3, -0.25) is 0 Å². The molecule has 4 heteroatoms. The molecule has 1 amide bonds. The van der Waals surface area contributed by atoms with Gasteiger partial charge in [-0.15, -0.1) is 0 Å². The molecule has 1 aromatic heterocycles. The van der Waals surface area contributed by atoms with Crippen LogP contribution in [-0.4, -0.2) is 17.2 Å². The second-order valence-electron chi connectivity index (χ2n) is 6.32. The number of carbonyl (C=O) groups is 1. The predicted molar refractivity (Wildman–Crippen MR) is 93.8 cm³/mol. The fourth-order valence-electron chi connectivity index (χ4n) is 3.41. The van der Waals surface area contributed by atoms with E-state index in [2.05, 4.69) is 40.2 Å². The second kappa shape index (κ2) is 6.40. The number of benzene rings is 2. The molecule has 1 aliphatic rings. The number of fused-ring (bicyclic) bond motifs is 3. The summed E-state index contributed by atoms with van der Waals surface area (Å²) in [4.78, 5) is 11.9. The van der Waals surface area contributed by atoms with Crippen LogP contribution >= 0.6 is 0 Å². The van der Waals surface area contributed by atoms with E-state index in [1.807, 2.05) is 30.3 Å². The lowest BCUT2D eigenvalue weighted by Gasteiger charge is -2.11. The number of alkyl carbamates (subject to hydrolysis) is 1. The van der Waals surface area contributed by atoms with E-state index in [0.29, 0.717) is 19.1 Å². The van der Waals surface area contributed by atoms with E-state index in [1.165, 1.54) is 16.6 Å². The number of aromatic nitrogens is 1. The average Bonchev–Trinajstić information content (AvgIpc) is 3.16. The molecule has 1 atom stereocenters. The van der Waals surface area contributed by atoms with Crippen LogP contribution in [0.15, 0.2) is 60.7 Å². The standard InChI is InChI=1S/C20H20N2O2/c23-20(24-14-15-6-2-1-3-7-15)21-12-16-10-18-11-17-8-4-5-9-19(17)22(18)13-16/h1-9,11,16H,10,12-14H2,(H,21,23)/t16-/m1/s1. The predicted octanol–water partition coefficient (Wildman–Crippen LogP) is 3.74. The Morgan fingerprint density at radius 3 is 2.79 bits per heavy atom. The molecule has 0 spiro atoms. The second-order valence-corrected chi connectivity index (χ2v) is 6.32. The average molecular weight is 320 g/mol. The molecule has 0 bridgehead atoms. The van der Waals surface area contributed by atoms with Crippen molar-refractivity contribution >= 4 is 17.0 Å². The van der Waals surface area contributed by atoms with Crippen molar-refractivity contribution < 1.29 is 9.53 Å². The Hall–Kier alpha value is -2.75. The minimum atomic E-state index is -0.347. The van der Waals surface area contributed by atoms with Gasteiger partial charge in [0.1, 0.15) is 6.61 Å². The first-order valence-electron chi connectivity index (χ1n) is 8.31. The van der Waals surface area contributed by atoms with Gasteiger partial charge in [0.05, 0.1) is 0 Å². The van der Waals surface area contributed by atoms with Crippen LogP contribution in [0, 0.1) is 5.92 Å². The smallest absolute Gasteiger partial charge is 0.407 e. The van der Waals surface area contributed by atoms with Gasteiger partial charge >= 0.3 is 6.09 Å². The third-order valence-electron chi connectivity index (χ3n) is 4.58. The number of carbonyl (C=O) groups excluding carboxylic acids is 1. The molecule has 2 aromatic carbocycles. The molecule has 1 N–H and O–H groups in total. The van der Waals surface area contributed by atoms with Gasteiger partial charge in [0.2, 0.25) is 0 Å². The van der Waals surface area contributed by atoms with Gasteiger partial charge in [0.25, 0.3) is 0 Å². The highest BCUT2D eigenvalue weighted by molar-refractivity contribution is 5.81. The highest BCUT2D eigenvalue weighted by atomic mass is 16.5. The van der Waals surface area contributed by atoms with Crippen molar-refractivity contribution in [2.45, 2.75) is 19.6 Å². The SMILES string of the molecule is O=C(NC[C@H]1Cc2cc3ccccc3n2C1)OCc1ccccc1. The first-order chi connectivity index (χ1) is 11.8. The number of para-hydroxylation sites is 1. The molecular weight excluding hydrogens is 300 g/mol. The summed E-state index contributed by atoms with van der Waals surface area (Å²) < 4.78 is 7.62. The van der Waals surface area contributed by atoms with Gasteiger partial charge in [-0.05, 0) is 35.4 Å². The number of hydrogen-bond donors (Lipinski definition) is 1. The van der Waals surface area contributed by atoms with Crippen molar-refractivity contribution in [2.75, 3.05) is 6.54 Å². The molecule has 2 heterocycles. The highest BCUT2D eigenvalue weighted by Gasteiger charge is 2.23. The summed E-state index contributed by atoms with van der Waals surface area (Å²) in [5.41, 5.74) is 3.62. The van der Waals surface area contributed by atoms with Crippen LogP contribution in [0.3, 0.4) is 0 Å². The molecule has 24 heavy (non-hydrogen) atoms. The van der Waals surface area contributed by atoms with Crippen LogP contribution in [-0.2, 0) is 24.3 Å². The number of nitrogens with one attached hydrogen (secondary N) is 1. The first kappa shape index (κ1) is 14.8. The molecule has 1 aliphatic heterocycles. The highest BCUT2D eigenvalue weighted by Crippen LogP contribution is 2.28. The Morgan fingerprint density at radius 1 is 1.12 bits per heavy atom. The lowest BCUT2D eigenvalue weighted by Crippen LogP contribution is -2.30. The van der Waals surface area contributed by atoms with Gasteiger partial charge in [0.15, 0.2) is 0 Å². The summed E-state index contributed by atoms with van der Waals surface area (Å²) in [6, 6.07) is 20.4. The zero-order valence-electron chi connectivity index (χ0n) is 13.4. The van der Waals surface area contributed by atoms with Crippen LogP contribution in [0.25, 0.3) is 10.9 Å². The van der Waals surface area contributed by atoms with E-state index in [4.69, 9.17) is 4.74 Å². The summed E-state index contributed by atoms with van der Waals surface area (Å²) in [6.45, 7) is 1.90. The summed E-state index contributed by atoms with van der Waals surface area (Å²) in [5, 5.41) is 4.19. The Morgan fingerprint density at radius 2 is 1.92 bits per heavy atom. The molecule has 0 saturated heterocycles. The van der Waals surface area contributed by atoms with Gasteiger partial charge in [0, 0.05) is 24.3 Å². The van der Waals surface area contributed by atoms with Crippen LogP contribution in [0.4, 0.5) is 4.79 Å². The molecular formula is C20H20N2O2. The van der Waals surface area contributed by atoms with Gasteiger partial charge in [-0.2, -0.15) is 0 Å². The molecule has 0 radical (unpaired) electrons. The van der Waals surface area contributed by atoms with Crippen molar-refractivity contribution in [3.05, 3.63) is 71.9 Å². The number of nitrogens with zero attached hydrogens (tertiary/aromatic N) is 1. The van der Waals surface area contributed by atoms with Crippen molar-refractivity contribution in [2.24, 2.45) is 5.92 Å². The van der Waals surface area contributed by atoms with E-state index in [0.717, 1.165) is 18.5 Å². The van der Waals surface area contributed by atoms with Crippen molar-refractivity contribution in [1.82, 2.24) is 9.88 Å². The molecule has 3 aromatic rings. The van der Waals surface area contributed by atoms with E-state index in [9.17, 15) is 4.79 Å². The molecule has 0 fully saturated rings. The summed E-state index contributed by atoms with van der Waals surface area (Å²) >= 11 is 0. The van der Waals surface area contributed by atoms with Gasteiger partial charge in [-0.1, -0.05) is 48.5 Å². The maximum atomic E-state index is 11.9. The van der Waals surface area contributed by atoms with Crippen molar-refractivity contribution in [3.8, 4) is 0 Å². The monoisotopic (exact) mass is 320 g/mol. The Kier molecular flexibility index (Phi) is 3.95. The molecule has 0 saturated carbocycles. The largest absolute Gasteiger partial charge is 0.445 e. The quantitative estimate of drug-likeness (QED) is 0.796. The fraction of sp³-hybridized carbons (Fsp3) is 0.250. The summed E-state index contributed by atoms with van der Waals surface area (Å²) in [6.07, 6.45) is 0.647. The number of amides is 1. The Bertz CT molecular complexity index is 854. The van der Waals surface area contributed by atoms with Crippen LogP contribution < -0.4 is 5.32 Å². The Balaban J connectivity index is 1.29. The summed E-state index contributed by atoms with van der Waals surface area (Å²) in [7, 11) is 0. The van der Waals surface area contributed by atoms with E-state index < -0.39 is 0 Å². The molecule has 0 aliphatic carbocycles. The van der Waals surface area contributed by atoms with Crippen LogP contribution in [0.5, 0.6) is 0 Å². The minimum absolute atomic E-state index is 0.308. The third kappa shape index (κ3) is 3.00. The fourth-order valence-corrected chi connectivity index (χ4v) is 3.41. The zero-order chi connectivity index (χ0) is 16.4. The van der Waals surface area contributed by atoms with E-state index in [1.54, 1.807) is 0 Å². The van der Waals surface area contributed by atoms with E-state index in [-0.39, 0.29) is 6.09 Å². The molecule has 4 nitrogen and oxygen atoms in total. The van der Waals surface area contributed by atoms with Crippen molar-refractivity contribution in [1.29, 1.82) is 0 Å². The van der Waals surface area contributed by atoms with Gasteiger partial charge < -0.3 is 14.6 Å². The summed E-state index contributed by atoms with van der Waals surface area (Å²) in [5.74, 6) is 0.425. The van der Waals surface area contributed by atoms with Crippen LogP contribution in [0.1, 0.15) is 11.3 Å². The minimum Gasteiger partial charge on any atom is -0.445 e. The third-order valence-corrected chi connectivity index (χ3v) is 4.58. The van der Waals surface area contributed by atoms with Crippen LogP contribution in [0.2, 0.25) is 0 Å². The number of ether oxygens (including phenoxy) is 1. The topological polar surface area (TPSA) is 43.3 Å². The van der Waals surface area contributed by atoms with E-state index >= 15 is 0 Å². The maximum absolute atomic E-state index is 11.9. The number of hydrogen-bond acceptors (Lipinski definition) is 2. The first-order valence-corrected chi connectivity index (χ1v) is 8.31. The van der Waals surface area contributed by atoms with Crippen molar-refractivity contribution in [3.63, 3.8) is 0 Å². The lowest BCUT2D eigenvalue weighted by atomic mass is 10.1. The zero-order valence-corrected chi connectivity index (χ0v) is 13.4. The Labute approximate surface area is 141 Å². The maximum Gasteiger partial charge on any atom is 0.407 e. The molecule has 0 unspecified atom stereocenters.